The first-order valence-corrected chi connectivity index (χ1v) is 7.61. The van der Waals surface area contributed by atoms with Gasteiger partial charge in [0.1, 0.15) is 0 Å². The van der Waals surface area contributed by atoms with Gasteiger partial charge in [0, 0.05) is 12.1 Å². The lowest BCUT2D eigenvalue weighted by atomic mass is 9.53. The van der Waals surface area contributed by atoms with E-state index in [2.05, 4.69) is 24.5 Å². The summed E-state index contributed by atoms with van der Waals surface area (Å²) in [4.78, 5) is 12.0. The molecule has 4 aliphatic carbocycles. The normalized spacial score (nSPS) is 41.2. The topological polar surface area (TPSA) is 41.1 Å². The van der Waals surface area contributed by atoms with E-state index < -0.39 is 0 Å². The van der Waals surface area contributed by atoms with Crippen LogP contribution in [0.4, 0.5) is 4.79 Å². The summed E-state index contributed by atoms with van der Waals surface area (Å²) in [7, 11) is 0. The molecule has 2 N–H and O–H groups in total. The fourth-order valence-corrected chi connectivity index (χ4v) is 4.85. The Morgan fingerprint density at radius 3 is 2.06 bits per heavy atom. The second-order valence-electron chi connectivity index (χ2n) is 7.43. The molecule has 3 heteroatoms. The number of rotatable bonds is 3. The van der Waals surface area contributed by atoms with Gasteiger partial charge in [-0.05, 0) is 62.2 Å². The van der Waals surface area contributed by atoms with Crippen molar-refractivity contribution < 1.29 is 4.79 Å². The fraction of sp³-hybridized carbons (Fsp3) is 0.933. The zero-order chi connectivity index (χ0) is 12.8. The van der Waals surface area contributed by atoms with Gasteiger partial charge < -0.3 is 10.6 Å². The van der Waals surface area contributed by atoms with Crippen molar-refractivity contribution in [3.8, 4) is 0 Å². The van der Waals surface area contributed by atoms with E-state index in [-0.39, 0.29) is 11.6 Å². The number of amides is 2. The van der Waals surface area contributed by atoms with E-state index >= 15 is 0 Å². The highest BCUT2D eigenvalue weighted by molar-refractivity contribution is 5.74. The Kier molecular flexibility index (Phi) is 3.03. The van der Waals surface area contributed by atoms with Gasteiger partial charge in [-0.3, -0.25) is 0 Å². The number of hydrogen-bond acceptors (Lipinski definition) is 1. The lowest BCUT2D eigenvalue weighted by Crippen LogP contribution is -2.61. The number of hydrogen-bond donors (Lipinski definition) is 2. The molecule has 18 heavy (non-hydrogen) atoms. The molecule has 4 saturated carbocycles. The largest absolute Gasteiger partial charge is 0.338 e. The summed E-state index contributed by atoms with van der Waals surface area (Å²) in [5.74, 6) is 3.19. The lowest BCUT2D eigenvalue weighted by molar-refractivity contribution is -0.0135. The molecule has 0 aromatic carbocycles. The molecule has 4 aliphatic rings. The molecule has 4 rings (SSSR count). The summed E-state index contributed by atoms with van der Waals surface area (Å²) in [5, 5.41) is 6.34. The van der Waals surface area contributed by atoms with Crippen molar-refractivity contribution in [1.82, 2.24) is 10.6 Å². The Hall–Kier alpha value is -0.730. The van der Waals surface area contributed by atoms with Crippen molar-refractivity contribution in [2.75, 3.05) is 6.54 Å². The number of carbonyl (C=O) groups excluding carboxylic acids is 1. The van der Waals surface area contributed by atoms with Gasteiger partial charge in [0.2, 0.25) is 0 Å². The van der Waals surface area contributed by atoms with Crippen LogP contribution in [0.5, 0.6) is 0 Å². The molecule has 0 saturated heterocycles. The van der Waals surface area contributed by atoms with E-state index in [1.807, 2.05) is 0 Å². The van der Waals surface area contributed by atoms with E-state index in [1.165, 1.54) is 38.5 Å². The summed E-state index contributed by atoms with van der Waals surface area (Å²) < 4.78 is 0. The van der Waals surface area contributed by atoms with Crippen LogP contribution in [-0.2, 0) is 0 Å². The molecule has 0 radical (unpaired) electrons. The van der Waals surface area contributed by atoms with E-state index in [0.29, 0.717) is 5.92 Å². The Morgan fingerprint density at radius 2 is 1.61 bits per heavy atom. The number of urea groups is 1. The third-order valence-electron chi connectivity index (χ3n) is 5.09. The van der Waals surface area contributed by atoms with Gasteiger partial charge in [0.15, 0.2) is 0 Å². The van der Waals surface area contributed by atoms with Crippen molar-refractivity contribution in [3.63, 3.8) is 0 Å². The van der Waals surface area contributed by atoms with Crippen LogP contribution in [-0.4, -0.2) is 18.1 Å². The van der Waals surface area contributed by atoms with Gasteiger partial charge in [-0.25, -0.2) is 4.79 Å². The third kappa shape index (κ3) is 2.36. The molecule has 0 spiro atoms. The minimum Gasteiger partial charge on any atom is -0.338 e. The third-order valence-corrected chi connectivity index (χ3v) is 5.09. The molecule has 0 heterocycles. The molecule has 3 nitrogen and oxygen atoms in total. The fourth-order valence-electron chi connectivity index (χ4n) is 4.85. The highest BCUT2D eigenvalue weighted by Gasteiger charge is 2.51. The second kappa shape index (κ2) is 4.43. The molecule has 0 atom stereocenters. The average molecular weight is 250 g/mol. The standard InChI is InChI=1S/C15H26N2O/c1-10(2)9-16-14(18)17-15-6-11-3-12(7-15)5-13(4-11)8-15/h10-13H,3-9H2,1-2H3,(H2,16,17,18). The first kappa shape index (κ1) is 12.3. The predicted molar refractivity (Wildman–Crippen MR) is 72.3 cm³/mol. The van der Waals surface area contributed by atoms with Crippen LogP contribution in [0.15, 0.2) is 0 Å². The van der Waals surface area contributed by atoms with Gasteiger partial charge in [0.05, 0.1) is 0 Å². The second-order valence-corrected chi connectivity index (χ2v) is 7.43. The van der Waals surface area contributed by atoms with Gasteiger partial charge in [-0.15, -0.1) is 0 Å². The zero-order valence-electron chi connectivity index (χ0n) is 11.7. The first-order valence-electron chi connectivity index (χ1n) is 7.61. The van der Waals surface area contributed by atoms with Crippen molar-refractivity contribution in [2.45, 2.75) is 57.9 Å². The Morgan fingerprint density at radius 1 is 1.11 bits per heavy atom. The minimum atomic E-state index is 0.0608. The predicted octanol–water partition coefficient (Wildman–Crippen LogP) is 2.91. The monoisotopic (exact) mass is 250 g/mol. The molecule has 0 aromatic heterocycles. The van der Waals surface area contributed by atoms with E-state index in [0.717, 1.165) is 24.3 Å². The van der Waals surface area contributed by atoms with Gasteiger partial charge >= 0.3 is 6.03 Å². The van der Waals surface area contributed by atoms with E-state index in [9.17, 15) is 4.79 Å². The van der Waals surface area contributed by atoms with Gasteiger partial charge in [0.25, 0.3) is 0 Å². The zero-order valence-corrected chi connectivity index (χ0v) is 11.7. The first-order chi connectivity index (χ1) is 8.55. The van der Waals surface area contributed by atoms with Crippen LogP contribution < -0.4 is 10.6 Å². The molecule has 4 fully saturated rings. The highest BCUT2D eigenvalue weighted by atomic mass is 16.2. The maximum atomic E-state index is 12.0. The SMILES string of the molecule is CC(C)CNC(=O)NC12CC3CC(CC(C3)C1)C2. The summed E-state index contributed by atoms with van der Waals surface area (Å²) in [6.45, 7) is 5.04. The summed E-state index contributed by atoms with van der Waals surface area (Å²) in [5.41, 5.74) is 0.149. The van der Waals surface area contributed by atoms with Crippen LogP contribution in [0.3, 0.4) is 0 Å². The molecule has 102 valence electrons. The van der Waals surface area contributed by atoms with Crippen LogP contribution in [0.25, 0.3) is 0 Å². The van der Waals surface area contributed by atoms with Crippen LogP contribution in [0.1, 0.15) is 52.4 Å². The average Bonchev–Trinajstić information content (AvgIpc) is 2.23. The highest BCUT2D eigenvalue weighted by Crippen LogP contribution is 2.55. The minimum absolute atomic E-state index is 0.0608. The molecular formula is C15H26N2O. The molecule has 4 bridgehead atoms. The summed E-state index contributed by atoms with van der Waals surface area (Å²) in [6, 6.07) is 0.0608. The molecular weight excluding hydrogens is 224 g/mol. The molecule has 0 aliphatic heterocycles. The van der Waals surface area contributed by atoms with Gasteiger partial charge in [-0.1, -0.05) is 13.8 Å². The summed E-state index contributed by atoms with van der Waals surface area (Å²) in [6.07, 6.45) is 7.97. The van der Waals surface area contributed by atoms with Crippen molar-refractivity contribution in [2.24, 2.45) is 23.7 Å². The Balaban J connectivity index is 1.60. The summed E-state index contributed by atoms with van der Waals surface area (Å²) >= 11 is 0. The van der Waals surface area contributed by atoms with Crippen molar-refractivity contribution >= 4 is 6.03 Å². The maximum absolute atomic E-state index is 12.0. The van der Waals surface area contributed by atoms with Crippen molar-refractivity contribution in [1.29, 1.82) is 0 Å². The maximum Gasteiger partial charge on any atom is 0.315 e. The molecule has 2 amide bonds. The van der Waals surface area contributed by atoms with Crippen molar-refractivity contribution in [3.05, 3.63) is 0 Å². The van der Waals surface area contributed by atoms with E-state index in [1.54, 1.807) is 0 Å². The van der Waals surface area contributed by atoms with Crippen LogP contribution >= 0.6 is 0 Å². The van der Waals surface area contributed by atoms with Crippen LogP contribution in [0.2, 0.25) is 0 Å². The Bertz CT molecular complexity index is 302. The molecule has 0 aromatic rings. The van der Waals surface area contributed by atoms with Crippen LogP contribution in [0, 0.1) is 23.7 Å². The smallest absolute Gasteiger partial charge is 0.315 e. The quantitative estimate of drug-likeness (QED) is 0.794. The number of nitrogens with one attached hydrogen (secondary N) is 2. The Labute approximate surface area is 110 Å². The lowest BCUT2D eigenvalue weighted by Gasteiger charge is -2.56. The van der Waals surface area contributed by atoms with Gasteiger partial charge in [-0.2, -0.15) is 0 Å². The number of carbonyl (C=O) groups is 1. The molecule has 0 unspecified atom stereocenters. The van der Waals surface area contributed by atoms with E-state index in [4.69, 9.17) is 0 Å².